The predicted molar refractivity (Wildman–Crippen MR) is 87.5 cm³/mol. The number of hydrogen-bond donors (Lipinski definition) is 2. The van der Waals surface area contributed by atoms with Gasteiger partial charge in [0.05, 0.1) is 18.6 Å². The molecule has 2 aliphatic heterocycles. The van der Waals surface area contributed by atoms with Crippen molar-refractivity contribution >= 4 is 5.91 Å². The standard InChI is InChI=1S/C17H24N2O5/c1-21-11-17(4-6-18-7-5-17)16(20)19-8-9-22-13-2-3-14-15(10-13)24-12-23-14/h2-3,10,18H,4-9,11-12H2,1H3,(H,19,20). The van der Waals surface area contributed by atoms with Crippen molar-refractivity contribution in [3.8, 4) is 17.2 Å². The van der Waals surface area contributed by atoms with Crippen LogP contribution in [0.5, 0.6) is 17.2 Å². The van der Waals surface area contributed by atoms with Gasteiger partial charge in [0, 0.05) is 13.2 Å². The number of amides is 1. The molecule has 0 aromatic heterocycles. The Labute approximate surface area is 141 Å². The van der Waals surface area contributed by atoms with Gasteiger partial charge >= 0.3 is 0 Å². The van der Waals surface area contributed by atoms with Crippen LogP contribution in [0.15, 0.2) is 18.2 Å². The third-order valence-electron chi connectivity index (χ3n) is 4.46. The Morgan fingerprint density at radius 3 is 2.88 bits per heavy atom. The maximum Gasteiger partial charge on any atom is 0.231 e. The second-order valence-corrected chi connectivity index (χ2v) is 6.08. The van der Waals surface area contributed by atoms with E-state index in [1.54, 1.807) is 13.2 Å². The van der Waals surface area contributed by atoms with E-state index in [2.05, 4.69) is 10.6 Å². The van der Waals surface area contributed by atoms with Crippen LogP contribution in [0, 0.1) is 5.41 Å². The zero-order chi connectivity index (χ0) is 16.8. The van der Waals surface area contributed by atoms with Crippen LogP contribution in [0.25, 0.3) is 0 Å². The number of carbonyl (C=O) groups is 1. The number of carbonyl (C=O) groups excluding carboxylic acids is 1. The molecule has 132 valence electrons. The average Bonchev–Trinajstić information content (AvgIpc) is 3.07. The molecule has 0 radical (unpaired) electrons. The first kappa shape index (κ1) is 16.9. The summed E-state index contributed by atoms with van der Waals surface area (Å²) in [5.74, 6) is 2.15. The van der Waals surface area contributed by atoms with Crippen molar-refractivity contribution in [3.63, 3.8) is 0 Å². The molecule has 0 aliphatic carbocycles. The first-order chi connectivity index (χ1) is 11.7. The Morgan fingerprint density at radius 2 is 2.08 bits per heavy atom. The third kappa shape index (κ3) is 3.73. The summed E-state index contributed by atoms with van der Waals surface area (Å²) in [6.45, 7) is 3.21. The Kier molecular flexibility index (Phi) is 5.42. The SMILES string of the molecule is COCC1(C(=O)NCCOc2ccc3c(c2)OCO3)CCNCC1. The number of methoxy groups -OCH3 is 1. The number of rotatable bonds is 7. The van der Waals surface area contributed by atoms with E-state index < -0.39 is 5.41 Å². The molecule has 2 heterocycles. The average molecular weight is 336 g/mol. The van der Waals surface area contributed by atoms with E-state index in [0.29, 0.717) is 31.3 Å². The highest BCUT2D eigenvalue weighted by molar-refractivity contribution is 5.83. The fraction of sp³-hybridized carbons (Fsp3) is 0.588. The third-order valence-corrected chi connectivity index (χ3v) is 4.46. The molecular formula is C17H24N2O5. The Morgan fingerprint density at radius 1 is 1.29 bits per heavy atom. The summed E-state index contributed by atoms with van der Waals surface area (Å²) in [7, 11) is 1.64. The highest BCUT2D eigenvalue weighted by Gasteiger charge is 2.39. The molecule has 7 nitrogen and oxygen atoms in total. The zero-order valence-electron chi connectivity index (χ0n) is 13.9. The van der Waals surface area contributed by atoms with Gasteiger partial charge in [-0.2, -0.15) is 0 Å². The topological polar surface area (TPSA) is 78.1 Å². The van der Waals surface area contributed by atoms with E-state index in [1.165, 1.54) is 0 Å². The van der Waals surface area contributed by atoms with Crippen molar-refractivity contribution in [3.05, 3.63) is 18.2 Å². The van der Waals surface area contributed by atoms with Gasteiger partial charge in [0.15, 0.2) is 11.5 Å². The molecule has 0 spiro atoms. The number of ether oxygens (including phenoxy) is 4. The van der Waals surface area contributed by atoms with E-state index in [4.69, 9.17) is 18.9 Å². The predicted octanol–water partition coefficient (Wildman–Crippen LogP) is 0.926. The number of piperidine rings is 1. The van der Waals surface area contributed by atoms with Crippen molar-refractivity contribution in [2.24, 2.45) is 5.41 Å². The van der Waals surface area contributed by atoms with Gasteiger partial charge in [0.25, 0.3) is 0 Å². The van der Waals surface area contributed by atoms with E-state index in [0.717, 1.165) is 31.7 Å². The second-order valence-electron chi connectivity index (χ2n) is 6.08. The highest BCUT2D eigenvalue weighted by Crippen LogP contribution is 2.35. The molecule has 7 heteroatoms. The van der Waals surface area contributed by atoms with Crippen LogP contribution in [-0.2, 0) is 9.53 Å². The molecule has 0 unspecified atom stereocenters. The first-order valence-electron chi connectivity index (χ1n) is 8.24. The minimum Gasteiger partial charge on any atom is -0.492 e. The lowest BCUT2D eigenvalue weighted by molar-refractivity contribution is -0.136. The van der Waals surface area contributed by atoms with Gasteiger partial charge < -0.3 is 29.6 Å². The maximum absolute atomic E-state index is 12.6. The van der Waals surface area contributed by atoms with E-state index in [9.17, 15) is 4.79 Å². The minimum atomic E-state index is -0.432. The number of hydrogen-bond acceptors (Lipinski definition) is 6. The molecule has 1 amide bonds. The lowest BCUT2D eigenvalue weighted by Gasteiger charge is -2.35. The van der Waals surface area contributed by atoms with Gasteiger partial charge in [0.1, 0.15) is 12.4 Å². The van der Waals surface area contributed by atoms with Crippen LogP contribution in [0.2, 0.25) is 0 Å². The van der Waals surface area contributed by atoms with Crippen LogP contribution in [-0.4, -0.2) is 52.7 Å². The summed E-state index contributed by atoms with van der Waals surface area (Å²) in [5, 5.41) is 6.25. The summed E-state index contributed by atoms with van der Waals surface area (Å²) in [5.41, 5.74) is -0.432. The number of nitrogens with one attached hydrogen (secondary N) is 2. The Hall–Kier alpha value is -1.99. The first-order valence-corrected chi connectivity index (χ1v) is 8.24. The monoisotopic (exact) mass is 336 g/mol. The molecule has 2 aliphatic rings. The van der Waals surface area contributed by atoms with Crippen LogP contribution >= 0.6 is 0 Å². The van der Waals surface area contributed by atoms with E-state index in [-0.39, 0.29) is 12.7 Å². The summed E-state index contributed by atoms with van der Waals surface area (Å²) in [6, 6.07) is 5.44. The van der Waals surface area contributed by atoms with Gasteiger partial charge in [-0.15, -0.1) is 0 Å². The molecule has 1 saturated heterocycles. The van der Waals surface area contributed by atoms with Gasteiger partial charge in [-0.05, 0) is 38.1 Å². The molecule has 1 fully saturated rings. The fourth-order valence-corrected chi connectivity index (χ4v) is 3.11. The highest BCUT2D eigenvalue weighted by atomic mass is 16.7. The molecule has 24 heavy (non-hydrogen) atoms. The van der Waals surface area contributed by atoms with Crippen LogP contribution < -0.4 is 24.8 Å². The molecule has 2 N–H and O–H groups in total. The van der Waals surface area contributed by atoms with Gasteiger partial charge in [-0.25, -0.2) is 0 Å². The normalized spacial score (nSPS) is 18.2. The van der Waals surface area contributed by atoms with Crippen LogP contribution in [0.4, 0.5) is 0 Å². The van der Waals surface area contributed by atoms with Gasteiger partial charge in [-0.1, -0.05) is 0 Å². The van der Waals surface area contributed by atoms with Crippen LogP contribution in [0.3, 0.4) is 0 Å². The quantitative estimate of drug-likeness (QED) is 0.721. The summed E-state index contributed by atoms with van der Waals surface area (Å²) in [4.78, 5) is 12.6. The second kappa shape index (κ2) is 7.72. The van der Waals surface area contributed by atoms with E-state index >= 15 is 0 Å². The summed E-state index contributed by atoms with van der Waals surface area (Å²) in [6.07, 6.45) is 1.57. The molecule has 0 atom stereocenters. The van der Waals surface area contributed by atoms with Crippen molar-refractivity contribution in [1.29, 1.82) is 0 Å². The molecule has 0 saturated carbocycles. The summed E-state index contributed by atoms with van der Waals surface area (Å²) < 4.78 is 21.5. The minimum absolute atomic E-state index is 0.0418. The molecule has 1 aromatic carbocycles. The van der Waals surface area contributed by atoms with Gasteiger partial charge in [0.2, 0.25) is 12.7 Å². The lowest BCUT2D eigenvalue weighted by atomic mass is 9.78. The van der Waals surface area contributed by atoms with Crippen molar-refractivity contribution in [2.45, 2.75) is 12.8 Å². The summed E-state index contributed by atoms with van der Waals surface area (Å²) >= 11 is 0. The molecule has 0 bridgehead atoms. The molecule has 3 rings (SSSR count). The Balaban J connectivity index is 1.46. The largest absolute Gasteiger partial charge is 0.492 e. The van der Waals surface area contributed by atoms with Crippen molar-refractivity contribution in [2.75, 3.05) is 46.8 Å². The van der Waals surface area contributed by atoms with Crippen molar-refractivity contribution < 1.29 is 23.7 Å². The Bertz CT molecular complexity index is 567. The maximum atomic E-state index is 12.6. The number of benzene rings is 1. The lowest BCUT2D eigenvalue weighted by Crippen LogP contribution is -2.50. The molecular weight excluding hydrogens is 312 g/mol. The smallest absolute Gasteiger partial charge is 0.231 e. The van der Waals surface area contributed by atoms with E-state index in [1.807, 2.05) is 12.1 Å². The number of fused-ring (bicyclic) bond motifs is 1. The fourth-order valence-electron chi connectivity index (χ4n) is 3.11. The van der Waals surface area contributed by atoms with Crippen LogP contribution in [0.1, 0.15) is 12.8 Å². The molecule has 1 aromatic rings. The zero-order valence-corrected chi connectivity index (χ0v) is 13.9. The van der Waals surface area contributed by atoms with Crippen molar-refractivity contribution in [1.82, 2.24) is 10.6 Å². The van der Waals surface area contributed by atoms with Gasteiger partial charge in [-0.3, -0.25) is 4.79 Å².